The smallest absolute Gasteiger partial charge is 0.175 e. The minimum Gasteiger partial charge on any atom is -0.508 e. The van der Waals surface area contributed by atoms with Crippen LogP contribution < -0.4 is 10.2 Å². The number of hydrogen-bond acceptors (Lipinski definition) is 7. The van der Waals surface area contributed by atoms with Crippen LogP contribution in [0.15, 0.2) is 42.6 Å². The summed E-state index contributed by atoms with van der Waals surface area (Å²) in [5.41, 5.74) is 0.851. The molecule has 4 aromatic rings. The number of phenols is 1. The average molecular weight is 571 g/mol. The summed E-state index contributed by atoms with van der Waals surface area (Å²) in [5, 5.41) is 16.6. The van der Waals surface area contributed by atoms with E-state index in [1.807, 2.05) is 18.2 Å². The highest BCUT2D eigenvalue weighted by molar-refractivity contribution is 6.36. The number of halogens is 2. The lowest BCUT2D eigenvalue weighted by Crippen LogP contribution is -2.51. The Balaban J connectivity index is 1.31. The lowest BCUT2D eigenvalue weighted by Gasteiger charge is -2.34. The largest absolute Gasteiger partial charge is 0.508 e. The van der Waals surface area contributed by atoms with Crippen molar-refractivity contribution in [3.8, 4) is 17.0 Å². The van der Waals surface area contributed by atoms with Crippen molar-refractivity contribution in [3.05, 3.63) is 59.3 Å². The number of piperazine rings is 1. The molecule has 0 radical (unpaired) electrons. The van der Waals surface area contributed by atoms with E-state index in [2.05, 4.69) is 26.2 Å². The van der Waals surface area contributed by atoms with E-state index >= 15 is 4.39 Å². The van der Waals surface area contributed by atoms with Gasteiger partial charge in [-0.2, -0.15) is 0 Å². The molecule has 210 valence electrons. The summed E-state index contributed by atoms with van der Waals surface area (Å²) in [6.45, 7) is 3.89. The number of pyridine rings is 1. The van der Waals surface area contributed by atoms with Crippen molar-refractivity contribution < 1.29 is 9.50 Å². The summed E-state index contributed by atoms with van der Waals surface area (Å²) in [4.78, 5) is 19.3. The summed E-state index contributed by atoms with van der Waals surface area (Å²) in [6.07, 6.45) is 12.9. The van der Waals surface area contributed by atoms with E-state index in [-0.39, 0.29) is 22.5 Å². The van der Waals surface area contributed by atoms with E-state index in [4.69, 9.17) is 21.6 Å². The monoisotopic (exact) mass is 570 g/mol. The maximum absolute atomic E-state index is 16.7. The van der Waals surface area contributed by atoms with Crippen LogP contribution in [0.4, 0.5) is 10.2 Å². The molecule has 2 atom stereocenters. The van der Waals surface area contributed by atoms with Gasteiger partial charge in [-0.3, -0.25) is 9.88 Å². The molecular formula is C32H32ClFN6O. The summed E-state index contributed by atoms with van der Waals surface area (Å²) in [5.74, 6) is 0.738. The van der Waals surface area contributed by atoms with E-state index in [1.165, 1.54) is 18.9 Å². The molecule has 2 aromatic carbocycles. The fraction of sp³-hybridized carbons (Fsp3) is 0.406. The zero-order chi connectivity index (χ0) is 27.7. The molecule has 41 heavy (non-hydrogen) atoms. The van der Waals surface area contributed by atoms with Crippen LogP contribution in [-0.4, -0.2) is 68.8 Å². The Hall–Kier alpha value is -3.33. The lowest BCUT2D eigenvalue weighted by molar-refractivity contribution is 0.251. The molecule has 0 saturated carbocycles. The summed E-state index contributed by atoms with van der Waals surface area (Å²) in [6, 6.07) is 9.38. The van der Waals surface area contributed by atoms with Gasteiger partial charge in [-0.25, -0.2) is 14.4 Å². The molecule has 6 heterocycles. The molecule has 2 unspecified atom stereocenters. The Morgan fingerprint density at radius 3 is 2.63 bits per heavy atom. The zero-order valence-electron chi connectivity index (χ0n) is 22.8. The maximum atomic E-state index is 16.7. The van der Waals surface area contributed by atoms with Gasteiger partial charge in [-0.1, -0.05) is 29.8 Å². The molecule has 2 bridgehead atoms. The van der Waals surface area contributed by atoms with Gasteiger partial charge in [0.25, 0.3) is 0 Å². The number of nitrogens with one attached hydrogen (secondary N) is 1. The van der Waals surface area contributed by atoms with Gasteiger partial charge in [-0.15, -0.1) is 0 Å². The van der Waals surface area contributed by atoms with Crippen molar-refractivity contribution in [1.82, 2.24) is 25.2 Å². The van der Waals surface area contributed by atoms with E-state index < -0.39 is 5.82 Å². The molecule has 2 N–H and O–H groups in total. The minimum atomic E-state index is -0.535. The van der Waals surface area contributed by atoms with Gasteiger partial charge >= 0.3 is 0 Å². The Kier molecular flexibility index (Phi) is 5.95. The number of fused-ring (bicyclic) bond motifs is 5. The van der Waals surface area contributed by atoms with Crippen LogP contribution in [0.25, 0.3) is 39.0 Å². The van der Waals surface area contributed by atoms with Crippen LogP contribution in [0.5, 0.6) is 5.75 Å². The third-order valence-electron chi connectivity index (χ3n) is 9.61. The van der Waals surface area contributed by atoms with Crippen LogP contribution >= 0.6 is 11.6 Å². The number of aromatic hydroxyl groups is 1. The number of rotatable bonds is 4. The zero-order valence-corrected chi connectivity index (χ0v) is 23.5. The van der Waals surface area contributed by atoms with Crippen molar-refractivity contribution in [2.75, 3.05) is 31.1 Å². The molecule has 0 amide bonds. The van der Waals surface area contributed by atoms with Crippen LogP contribution in [0.1, 0.15) is 44.3 Å². The number of phenolic OH excluding ortho intramolecular Hbond substituents is 1. The molecule has 4 aliphatic heterocycles. The van der Waals surface area contributed by atoms with Gasteiger partial charge in [0.1, 0.15) is 22.8 Å². The standard InChI is InChI=1S/C32H32ClFN6O/c33-25-5-1-4-19-14-22(41)15-23(27(19)25)29-28(34)30-24(16-35-29)31(39-17-20-6-7-21(18-39)36-20)38-26(37-30)8-11-32-9-2-12-40(32)13-3-10-32/h1,4-5,8,11,14-16,20-21,36,41H,2-3,6-7,9-10,12-13,17-18H2/b11-8+. The van der Waals surface area contributed by atoms with Gasteiger partial charge in [0.05, 0.1) is 5.39 Å². The molecule has 7 nitrogen and oxygen atoms in total. The topological polar surface area (TPSA) is 77.4 Å². The van der Waals surface area contributed by atoms with Crippen molar-refractivity contribution in [1.29, 1.82) is 0 Å². The number of aromatic nitrogens is 3. The molecule has 2 aromatic heterocycles. The Labute approximate surface area is 243 Å². The lowest BCUT2D eigenvalue weighted by atomic mass is 9.93. The van der Waals surface area contributed by atoms with E-state index in [9.17, 15) is 5.11 Å². The second-order valence-electron chi connectivity index (χ2n) is 12.1. The number of benzene rings is 2. The predicted octanol–water partition coefficient (Wildman–Crippen LogP) is 5.93. The number of hydrogen-bond donors (Lipinski definition) is 2. The maximum Gasteiger partial charge on any atom is 0.175 e. The van der Waals surface area contributed by atoms with Crippen molar-refractivity contribution in [3.63, 3.8) is 0 Å². The molecule has 4 fully saturated rings. The van der Waals surface area contributed by atoms with E-state index in [0.717, 1.165) is 57.7 Å². The van der Waals surface area contributed by atoms with Gasteiger partial charge < -0.3 is 15.3 Å². The highest BCUT2D eigenvalue weighted by atomic mass is 35.5. The van der Waals surface area contributed by atoms with Gasteiger partial charge in [-0.05, 0) is 81.3 Å². The Morgan fingerprint density at radius 1 is 1.07 bits per heavy atom. The molecule has 9 heteroatoms. The summed E-state index contributed by atoms with van der Waals surface area (Å²) < 4.78 is 16.7. The Morgan fingerprint density at radius 2 is 1.85 bits per heavy atom. The van der Waals surface area contributed by atoms with Crippen molar-refractivity contribution in [2.24, 2.45) is 0 Å². The first-order valence-corrected chi connectivity index (χ1v) is 15.1. The fourth-order valence-corrected chi connectivity index (χ4v) is 8.02. The van der Waals surface area contributed by atoms with Gasteiger partial charge in [0.2, 0.25) is 0 Å². The normalized spacial score (nSPS) is 23.8. The fourth-order valence-electron chi connectivity index (χ4n) is 7.74. The first kappa shape index (κ1) is 25.4. The molecule has 0 spiro atoms. The van der Waals surface area contributed by atoms with Crippen LogP contribution in [0, 0.1) is 5.82 Å². The molecule has 0 aliphatic carbocycles. The summed E-state index contributed by atoms with van der Waals surface area (Å²) >= 11 is 6.58. The van der Waals surface area contributed by atoms with Gasteiger partial charge in [0.15, 0.2) is 11.6 Å². The third kappa shape index (κ3) is 4.18. The first-order valence-electron chi connectivity index (χ1n) is 14.7. The predicted molar refractivity (Wildman–Crippen MR) is 161 cm³/mol. The van der Waals surface area contributed by atoms with Crippen LogP contribution in [0.3, 0.4) is 0 Å². The van der Waals surface area contributed by atoms with Crippen LogP contribution in [0.2, 0.25) is 5.02 Å². The third-order valence-corrected chi connectivity index (χ3v) is 9.93. The second-order valence-corrected chi connectivity index (χ2v) is 12.5. The first-order chi connectivity index (χ1) is 20.0. The second kappa shape index (κ2) is 9.61. The SMILES string of the molecule is Oc1cc(-c2ncc3c(N4CC5CCC(C4)N5)nc(/C=C/C45CCCN4CCC5)nc3c2F)c2c(Cl)cccc2c1. The van der Waals surface area contributed by atoms with E-state index in [1.54, 1.807) is 18.3 Å². The van der Waals surface area contributed by atoms with E-state index in [0.29, 0.717) is 44.7 Å². The highest BCUT2D eigenvalue weighted by Gasteiger charge is 2.42. The molecule has 4 saturated heterocycles. The quantitative estimate of drug-likeness (QED) is 0.315. The van der Waals surface area contributed by atoms with Crippen LogP contribution in [-0.2, 0) is 0 Å². The van der Waals surface area contributed by atoms with Crippen molar-refractivity contribution >= 4 is 45.2 Å². The molecule has 4 aliphatic rings. The molecular weight excluding hydrogens is 539 g/mol. The summed E-state index contributed by atoms with van der Waals surface area (Å²) in [7, 11) is 0. The van der Waals surface area contributed by atoms with Gasteiger partial charge in [0, 0.05) is 52.9 Å². The average Bonchev–Trinajstić information content (AvgIpc) is 3.65. The number of nitrogens with zero attached hydrogens (tertiary/aromatic N) is 5. The highest BCUT2D eigenvalue weighted by Crippen LogP contribution is 2.41. The minimum absolute atomic E-state index is 0.0243. The van der Waals surface area contributed by atoms with Crippen molar-refractivity contribution in [2.45, 2.75) is 56.1 Å². The molecule has 8 rings (SSSR count). The Bertz CT molecular complexity index is 1700. The number of anilines is 1.